The number of alkyl halides is 3. The molecule has 0 atom stereocenters. The number of hydrogen-bond donors (Lipinski definition) is 0. The highest BCUT2D eigenvalue weighted by Crippen LogP contribution is 2.22. The average Bonchev–Trinajstić information content (AvgIpc) is 3.09. The molecule has 176 valence electrons. The van der Waals surface area contributed by atoms with Gasteiger partial charge in [-0.3, -0.25) is 4.79 Å². The minimum absolute atomic E-state index is 0.152. The molecule has 9 heteroatoms. The van der Waals surface area contributed by atoms with Crippen LogP contribution in [0, 0.1) is 13.8 Å². The van der Waals surface area contributed by atoms with Crippen molar-refractivity contribution in [1.82, 2.24) is 10.1 Å². The Balaban J connectivity index is 1.63. The van der Waals surface area contributed by atoms with Gasteiger partial charge in [-0.15, -0.1) is 0 Å². The summed E-state index contributed by atoms with van der Waals surface area (Å²) in [5, 5.41) is 3.87. The van der Waals surface area contributed by atoms with Gasteiger partial charge >= 0.3 is 6.18 Å². The van der Waals surface area contributed by atoms with Crippen molar-refractivity contribution in [3.05, 3.63) is 76.7 Å². The van der Waals surface area contributed by atoms with Crippen molar-refractivity contribution in [2.75, 3.05) is 13.7 Å². The van der Waals surface area contributed by atoms with Crippen LogP contribution < -0.4 is 9.47 Å². The minimum Gasteiger partial charge on any atom is -0.497 e. The zero-order valence-corrected chi connectivity index (χ0v) is 18.6. The molecule has 0 aliphatic carbocycles. The zero-order chi connectivity index (χ0) is 24.0. The molecule has 0 N–H and O–H groups in total. The lowest BCUT2D eigenvalue weighted by atomic mass is 10.1. The smallest absolute Gasteiger partial charge is 0.406 e. The van der Waals surface area contributed by atoms with E-state index < -0.39 is 18.6 Å². The zero-order valence-electron chi connectivity index (χ0n) is 18.6. The van der Waals surface area contributed by atoms with E-state index in [1.807, 2.05) is 6.92 Å². The van der Waals surface area contributed by atoms with Crippen molar-refractivity contribution in [2.45, 2.75) is 39.6 Å². The molecule has 3 aromatic rings. The second-order valence-corrected chi connectivity index (χ2v) is 7.63. The van der Waals surface area contributed by atoms with Gasteiger partial charge in [0.2, 0.25) is 5.91 Å². The normalized spacial score (nSPS) is 11.3. The number of benzene rings is 2. The number of aryl methyl sites for hydroxylation is 2. The van der Waals surface area contributed by atoms with E-state index in [0.29, 0.717) is 28.4 Å². The molecule has 3 rings (SSSR count). The van der Waals surface area contributed by atoms with E-state index in [9.17, 15) is 18.0 Å². The fourth-order valence-corrected chi connectivity index (χ4v) is 3.25. The van der Waals surface area contributed by atoms with E-state index in [1.165, 1.54) is 7.11 Å². The van der Waals surface area contributed by atoms with Gasteiger partial charge in [-0.2, -0.15) is 13.2 Å². The number of ether oxygens (including phenoxy) is 2. The maximum absolute atomic E-state index is 13.1. The molecule has 0 aliphatic heterocycles. The molecule has 1 aromatic heterocycles. The van der Waals surface area contributed by atoms with Gasteiger partial charge in [0, 0.05) is 6.54 Å². The van der Waals surface area contributed by atoms with Crippen LogP contribution in [0.3, 0.4) is 0 Å². The third kappa shape index (κ3) is 7.00. The molecule has 0 saturated carbocycles. The van der Waals surface area contributed by atoms with Crippen LogP contribution in [0.5, 0.6) is 11.5 Å². The largest absolute Gasteiger partial charge is 0.497 e. The number of carbonyl (C=O) groups is 1. The Hall–Kier alpha value is -3.49. The molecule has 0 bridgehead atoms. The SMILES string of the molecule is COc1ccc(CN(CC(F)(F)F)C(=O)Cc2ccc(OCc3c(C)noc3C)cc2)cc1. The Morgan fingerprint density at radius 3 is 2.15 bits per heavy atom. The summed E-state index contributed by atoms with van der Waals surface area (Å²) in [7, 11) is 1.50. The third-order valence-electron chi connectivity index (χ3n) is 5.10. The Bertz CT molecular complexity index is 1040. The van der Waals surface area contributed by atoms with Crippen LogP contribution in [-0.2, 0) is 24.4 Å². The van der Waals surface area contributed by atoms with Crippen molar-refractivity contribution >= 4 is 5.91 Å². The lowest BCUT2D eigenvalue weighted by Crippen LogP contribution is -2.39. The monoisotopic (exact) mass is 462 g/mol. The summed E-state index contributed by atoms with van der Waals surface area (Å²) in [4.78, 5) is 13.5. The van der Waals surface area contributed by atoms with Crippen molar-refractivity contribution in [1.29, 1.82) is 0 Å². The summed E-state index contributed by atoms with van der Waals surface area (Å²) < 4.78 is 55.2. The fourth-order valence-electron chi connectivity index (χ4n) is 3.25. The topological polar surface area (TPSA) is 64.8 Å². The average molecular weight is 462 g/mol. The highest BCUT2D eigenvalue weighted by atomic mass is 19.4. The van der Waals surface area contributed by atoms with Gasteiger partial charge < -0.3 is 18.9 Å². The summed E-state index contributed by atoms with van der Waals surface area (Å²) in [5.74, 6) is 1.21. The fraction of sp³-hybridized carbons (Fsp3) is 0.333. The number of methoxy groups -OCH3 is 1. The lowest BCUT2D eigenvalue weighted by molar-refractivity contribution is -0.162. The van der Waals surface area contributed by atoms with Gasteiger partial charge in [-0.05, 0) is 49.2 Å². The van der Waals surface area contributed by atoms with Gasteiger partial charge in [-0.25, -0.2) is 0 Å². The molecule has 0 saturated heterocycles. The number of hydrogen-bond acceptors (Lipinski definition) is 5. The molecule has 1 heterocycles. The van der Waals surface area contributed by atoms with Crippen molar-refractivity contribution in [2.24, 2.45) is 0 Å². The van der Waals surface area contributed by atoms with Crippen molar-refractivity contribution < 1.29 is 32.0 Å². The number of nitrogens with zero attached hydrogens (tertiary/aromatic N) is 2. The van der Waals surface area contributed by atoms with E-state index in [0.717, 1.165) is 16.2 Å². The van der Waals surface area contributed by atoms with E-state index >= 15 is 0 Å². The Morgan fingerprint density at radius 1 is 1.00 bits per heavy atom. The molecule has 0 aliphatic rings. The number of aromatic nitrogens is 1. The second-order valence-electron chi connectivity index (χ2n) is 7.63. The molecule has 2 aromatic carbocycles. The van der Waals surface area contributed by atoms with E-state index in [1.54, 1.807) is 55.5 Å². The first kappa shape index (κ1) is 24.2. The van der Waals surface area contributed by atoms with Gasteiger partial charge in [0.1, 0.15) is 30.4 Å². The first-order valence-corrected chi connectivity index (χ1v) is 10.3. The quantitative estimate of drug-likeness (QED) is 0.447. The number of amides is 1. The van der Waals surface area contributed by atoms with Gasteiger partial charge in [0.25, 0.3) is 0 Å². The number of rotatable bonds is 9. The third-order valence-corrected chi connectivity index (χ3v) is 5.10. The summed E-state index contributed by atoms with van der Waals surface area (Å²) in [6.45, 7) is 2.42. The highest BCUT2D eigenvalue weighted by Gasteiger charge is 2.33. The summed E-state index contributed by atoms with van der Waals surface area (Å²) >= 11 is 0. The van der Waals surface area contributed by atoms with Gasteiger partial charge in [0.15, 0.2) is 0 Å². The molecule has 0 fully saturated rings. The lowest BCUT2D eigenvalue weighted by Gasteiger charge is -2.24. The van der Waals surface area contributed by atoms with Gasteiger partial charge in [-0.1, -0.05) is 29.4 Å². The summed E-state index contributed by atoms with van der Waals surface area (Å²) in [6.07, 6.45) is -4.66. The standard InChI is InChI=1S/C24H25F3N2O4/c1-16-22(17(2)33-28-16)14-32-21-10-4-18(5-11-21)12-23(30)29(15-24(25,26)27)13-19-6-8-20(31-3)9-7-19/h4-11H,12-15H2,1-3H3. The molecular formula is C24H25F3N2O4. The van der Waals surface area contributed by atoms with Gasteiger partial charge in [0.05, 0.1) is 24.8 Å². The predicted octanol–water partition coefficient (Wildman–Crippen LogP) is 5.01. The Morgan fingerprint density at radius 2 is 1.61 bits per heavy atom. The van der Waals surface area contributed by atoms with Crippen LogP contribution in [0.2, 0.25) is 0 Å². The van der Waals surface area contributed by atoms with Crippen molar-refractivity contribution in [3.63, 3.8) is 0 Å². The summed E-state index contributed by atoms with van der Waals surface area (Å²) in [6, 6.07) is 13.3. The van der Waals surface area contributed by atoms with Crippen LogP contribution in [0.25, 0.3) is 0 Å². The van der Waals surface area contributed by atoms with Crippen LogP contribution in [0.4, 0.5) is 13.2 Å². The molecule has 0 radical (unpaired) electrons. The van der Waals surface area contributed by atoms with Crippen LogP contribution >= 0.6 is 0 Å². The molecule has 1 amide bonds. The predicted molar refractivity (Wildman–Crippen MR) is 115 cm³/mol. The van der Waals surface area contributed by atoms with E-state index in [2.05, 4.69) is 5.16 Å². The molecule has 0 spiro atoms. The van der Waals surface area contributed by atoms with Crippen LogP contribution in [-0.4, -0.2) is 35.8 Å². The van der Waals surface area contributed by atoms with Crippen LogP contribution in [0.1, 0.15) is 28.1 Å². The number of carbonyl (C=O) groups excluding carboxylic acids is 1. The first-order valence-electron chi connectivity index (χ1n) is 10.3. The molecule has 33 heavy (non-hydrogen) atoms. The number of halogens is 3. The van der Waals surface area contributed by atoms with E-state index in [-0.39, 0.29) is 19.6 Å². The second kappa shape index (κ2) is 10.4. The minimum atomic E-state index is -4.50. The van der Waals surface area contributed by atoms with E-state index in [4.69, 9.17) is 14.0 Å². The Kier molecular flexibility index (Phi) is 7.63. The highest BCUT2D eigenvalue weighted by molar-refractivity contribution is 5.79. The van der Waals surface area contributed by atoms with Crippen LogP contribution in [0.15, 0.2) is 53.1 Å². The maximum Gasteiger partial charge on any atom is 0.406 e. The van der Waals surface area contributed by atoms with Crippen molar-refractivity contribution in [3.8, 4) is 11.5 Å². The molecule has 0 unspecified atom stereocenters. The first-order chi connectivity index (χ1) is 15.6. The summed E-state index contributed by atoms with van der Waals surface area (Å²) in [5.41, 5.74) is 2.77. The maximum atomic E-state index is 13.1. The Labute approximate surface area is 189 Å². The molecule has 6 nitrogen and oxygen atoms in total. The molecular weight excluding hydrogens is 437 g/mol.